The van der Waals surface area contributed by atoms with E-state index in [-0.39, 0.29) is 0 Å². The van der Waals surface area contributed by atoms with Crippen LogP contribution in [0.4, 0.5) is 4.39 Å². The van der Waals surface area contributed by atoms with Crippen molar-refractivity contribution < 1.29 is 4.39 Å². The average molecular weight is 257 g/mol. The van der Waals surface area contributed by atoms with Crippen LogP contribution in [0, 0.1) is 0 Å². The van der Waals surface area contributed by atoms with E-state index >= 15 is 0 Å². The summed E-state index contributed by atoms with van der Waals surface area (Å²) in [5.41, 5.74) is 7.45. The van der Waals surface area contributed by atoms with Crippen molar-refractivity contribution in [3.05, 3.63) is 34.4 Å². The molecule has 1 aromatic carbocycles. The van der Waals surface area contributed by atoms with Crippen LogP contribution in [0.15, 0.2) is 28.9 Å². The second-order valence-corrected chi connectivity index (χ2v) is 4.11. The van der Waals surface area contributed by atoms with E-state index in [0.29, 0.717) is 0 Å². The summed E-state index contributed by atoms with van der Waals surface area (Å²) < 4.78 is 13.4. The van der Waals surface area contributed by atoms with Gasteiger partial charge in [-0.2, -0.15) is 0 Å². The Bertz CT molecular complexity index is 452. The first-order valence-electron chi connectivity index (χ1n) is 4.30. The Morgan fingerprint density at radius 1 is 1.50 bits per heavy atom. The summed E-state index contributed by atoms with van der Waals surface area (Å²) in [5.74, 6) is 0. The van der Waals surface area contributed by atoms with E-state index in [4.69, 9.17) is 5.73 Å². The van der Waals surface area contributed by atoms with Crippen LogP contribution in [0.5, 0.6) is 0 Å². The third kappa shape index (κ3) is 1.55. The van der Waals surface area contributed by atoms with Gasteiger partial charge in [0.05, 0.1) is 6.04 Å². The number of H-pyrrole nitrogens is 1. The lowest BCUT2D eigenvalue weighted by molar-refractivity contribution is 0.438. The van der Waals surface area contributed by atoms with Crippen molar-refractivity contribution in [3.63, 3.8) is 0 Å². The predicted octanol–water partition coefficient (Wildman–Crippen LogP) is 2.90. The largest absolute Gasteiger partial charge is 0.361 e. The maximum absolute atomic E-state index is 12.4. The topological polar surface area (TPSA) is 41.8 Å². The zero-order valence-corrected chi connectivity index (χ0v) is 9.01. The molecule has 14 heavy (non-hydrogen) atoms. The fourth-order valence-electron chi connectivity index (χ4n) is 1.50. The molecule has 1 aromatic heterocycles. The summed E-state index contributed by atoms with van der Waals surface area (Å²) in [7, 11) is 0. The molecule has 0 unspecified atom stereocenters. The van der Waals surface area contributed by atoms with Gasteiger partial charge in [-0.05, 0) is 23.8 Å². The van der Waals surface area contributed by atoms with Gasteiger partial charge in [0.2, 0.25) is 0 Å². The minimum absolute atomic E-state index is 0.542. The number of rotatable bonds is 2. The number of nitrogens with two attached hydrogens (primary N) is 1. The molecule has 1 atom stereocenters. The van der Waals surface area contributed by atoms with Crippen LogP contribution in [0.3, 0.4) is 0 Å². The summed E-state index contributed by atoms with van der Waals surface area (Å²) in [6.45, 7) is -0.542. The van der Waals surface area contributed by atoms with E-state index in [2.05, 4.69) is 20.9 Å². The number of halogens is 2. The van der Waals surface area contributed by atoms with Crippen molar-refractivity contribution in [3.8, 4) is 0 Å². The molecule has 0 aliphatic rings. The molecule has 4 heteroatoms. The lowest BCUT2D eigenvalue weighted by atomic mass is 10.1. The van der Waals surface area contributed by atoms with Crippen LogP contribution in [-0.4, -0.2) is 11.7 Å². The van der Waals surface area contributed by atoms with Crippen molar-refractivity contribution in [1.82, 2.24) is 4.98 Å². The molecule has 2 nitrogen and oxygen atoms in total. The molecule has 0 aliphatic heterocycles. The van der Waals surface area contributed by atoms with Gasteiger partial charge in [-0.1, -0.05) is 15.9 Å². The highest BCUT2D eigenvalue weighted by Gasteiger charge is 2.11. The molecule has 1 heterocycles. The summed E-state index contributed by atoms with van der Waals surface area (Å²) >= 11 is 3.37. The minimum Gasteiger partial charge on any atom is -0.361 e. The molecule has 2 aromatic rings. The number of hydrogen-bond donors (Lipinski definition) is 2. The molecule has 0 bridgehead atoms. The number of aromatic nitrogens is 1. The Hall–Kier alpha value is -0.870. The number of fused-ring (bicyclic) bond motifs is 1. The normalized spacial score (nSPS) is 13.4. The van der Waals surface area contributed by atoms with Gasteiger partial charge in [-0.25, -0.2) is 4.39 Å². The van der Waals surface area contributed by atoms with Gasteiger partial charge >= 0.3 is 0 Å². The Labute approximate surface area is 89.4 Å². The Balaban J connectivity index is 2.61. The highest BCUT2D eigenvalue weighted by Crippen LogP contribution is 2.26. The highest BCUT2D eigenvalue weighted by atomic mass is 79.9. The first-order chi connectivity index (χ1) is 6.72. The van der Waals surface area contributed by atoms with Crippen molar-refractivity contribution in [1.29, 1.82) is 0 Å². The van der Waals surface area contributed by atoms with Crippen molar-refractivity contribution in [2.75, 3.05) is 6.67 Å². The molecule has 0 radical (unpaired) electrons. The summed E-state index contributed by atoms with van der Waals surface area (Å²) in [6.07, 6.45) is 1.77. The number of nitrogens with one attached hydrogen (secondary N) is 1. The van der Waals surface area contributed by atoms with Crippen molar-refractivity contribution >= 4 is 26.8 Å². The summed E-state index contributed by atoms with van der Waals surface area (Å²) in [4.78, 5) is 3.06. The van der Waals surface area contributed by atoms with Gasteiger partial charge in [-0.15, -0.1) is 0 Å². The van der Waals surface area contributed by atoms with Crippen LogP contribution in [0.25, 0.3) is 10.9 Å². The molecule has 0 spiro atoms. The summed E-state index contributed by atoms with van der Waals surface area (Å²) in [5, 5.41) is 0.976. The molecule has 2 rings (SSSR count). The zero-order chi connectivity index (χ0) is 10.1. The predicted molar refractivity (Wildman–Crippen MR) is 58.9 cm³/mol. The molecule has 0 amide bonds. The van der Waals surface area contributed by atoms with Crippen LogP contribution < -0.4 is 5.73 Å². The van der Waals surface area contributed by atoms with E-state index in [0.717, 1.165) is 20.9 Å². The SMILES string of the molecule is N[C@H](CF)c1c[nH]c2ccc(Br)cc12. The Kier molecular flexibility index (Phi) is 2.56. The molecular formula is C10H10BrFN2. The third-order valence-electron chi connectivity index (χ3n) is 2.24. The minimum atomic E-state index is -0.543. The molecule has 0 saturated heterocycles. The first-order valence-corrected chi connectivity index (χ1v) is 5.09. The maximum Gasteiger partial charge on any atom is 0.109 e. The van der Waals surface area contributed by atoms with Crippen LogP contribution in [-0.2, 0) is 0 Å². The highest BCUT2D eigenvalue weighted by molar-refractivity contribution is 9.10. The van der Waals surface area contributed by atoms with Gasteiger partial charge in [0.25, 0.3) is 0 Å². The zero-order valence-electron chi connectivity index (χ0n) is 7.43. The van der Waals surface area contributed by atoms with Crippen molar-refractivity contribution in [2.24, 2.45) is 5.73 Å². The smallest absolute Gasteiger partial charge is 0.109 e. The lowest BCUT2D eigenvalue weighted by Gasteiger charge is -2.04. The van der Waals surface area contributed by atoms with Crippen LogP contribution in [0.2, 0.25) is 0 Å². The molecule has 74 valence electrons. The van der Waals surface area contributed by atoms with Crippen LogP contribution >= 0.6 is 15.9 Å². The summed E-state index contributed by atoms with van der Waals surface area (Å²) in [6, 6.07) is 5.27. The van der Waals surface area contributed by atoms with E-state index in [1.165, 1.54) is 0 Å². The number of hydrogen-bond acceptors (Lipinski definition) is 1. The van der Waals surface area contributed by atoms with E-state index in [1.54, 1.807) is 6.20 Å². The van der Waals surface area contributed by atoms with E-state index < -0.39 is 12.7 Å². The third-order valence-corrected chi connectivity index (χ3v) is 2.73. The Morgan fingerprint density at radius 3 is 3.00 bits per heavy atom. The molecule has 0 aliphatic carbocycles. The molecular weight excluding hydrogens is 247 g/mol. The fraction of sp³-hybridized carbons (Fsp3) is 0.200. The van der Waals surface area contributed by atoms with Crippen molar-refractivity contribution in [2.45, 2.75) is 6.04 Å². The van der Waals surface area contributed by atoms with Gasteiger partial charge < -0.3 is 10.7 Å². The Morgan fingerprint density at radius 2 is 2.29 bits per heavy atom. The van der Waals surface area contributed by atoms with Gasteiger partial charge in [0, 0.05) is 21.6 Å². The monoisotopic (exact) mass is 256 g/mol. The lowest BCUT2D eigenvalue weighted by Crippen LogP contribution is -2.11. The van der Waals surface area contributed by atoms with E-state index in [9.17, 15) is 4.39 Å². The quantitative estimate of drug-likeness (QED) is 0.853. The number of benzene rings is 1. The second-order valence-electron chi connectivity index (χ2n) is 3.19. The molecule has 0 fully saturated rings. The van der Waals surface area contributed by atoms with Gasteiger partial charge in [-0.3, -0.25) is 0 Å². The standard InChI is InChI=1S/C10H10BrFN2/c11-6-1-2-10-7(3-6)8(5-14-10)9(13)4-12/h1-3,5,9,14H,4,13H2/t9-/m1/s1. The maximum atomic E-state index is 12.4. The first kappa shape index (κ1) is 9.68. The van der Waals surface area contributed by atoms with E-state index in [1.807, 2.05) is 18.2 Å². The van der Waals surface area contributed by atoms with Gasteiger partial charge in [0.1, 0.15) is 6.67 Å². The number of aromatic amines is 1. The second kappa shape index (κ2) is 3.71. The average Bonchev–Trinajstić information content (AvgIpc) is 2.59. The van der Waals surface area contributed by atoms with Gasteiger partial charge in [0.15, 0.2) is 0 Å². The molecule has 3 N–H and O–H groups in total. The number of alkyl halides is 1. The molecule has 0 saturated carbocycles. The fourth-order valence-corrected chi connectivity index (χ4v) is 1.87. The van der Waals surface area contributed by atoms with Crippen LogP contribution in [0.1, 0.15) is 11.6 Å².